The Morgan fingerprint density at radius 1 is 1.22 bits per heavy atom. The number of benzene rings is 2. The molecule has 2 atom stereocenters. The van der Waals surface area contributed by atoms with Gasteiger partial charge in [0.15, 0.2) is 0 Å². The second kappa shape index (κ2) is 11.0. The number of aromatic nitrogens is 2. The van der Waals surface area contributed by atoms with Gasteiger partial charge < -0.3 is 20.4 Å². The van der Waals surface area contributed by atoms with Crippen LogP contribution in [0.25, 0.3) is 21.8 Å². The number of carbonyl (C=O) groups excluding carboxylic acids is 2. The van der Waals surface area contributed by atoms with Gasteiger partial charge in [-0.05, 0) is 57.9 Å². The lowest BCUT2D eigenvalue weighted by molar-refractivity contribution is -0.123. The maximum atomic E-state index is 13.9. The summed E-state index contributed by atoms with van der Waals surface area (Å²) in [7, 11) is 0. The third-order valence-electron chi connectivity index (χ3n) is 5.90. The second-order valence-corrected chi connectivity index (χ2v) is 9.39. The van der Waals surface area contributed by atoms with E-state index in [0.717, 1.165) is 16.4 Å². The van der Waals surface area contributed by atoms with Crippen molar-refractivity contribution < 1.29 is 23.6 Å². The van der Waals surface area contributed by atoms with E-state index in [4.69, 9.17) is 9.57 Å². The molecule has 1 aliphatic heterocycles. The Hall–Kier alpha value is -3.96. The normalized spacial score (nSPS) is 15.7. The van der Waals surface area contributed by atoms with Gasteiger partial charge in [-0.15, -0.1) is 0 Å². The monoisotopic (exact) mass is 567 g/mol. The maximum Gasteiger partial charge on any atom is 0.408 e. The van der Waals surface area contributed by atoms with Crippen LogP contribution in [-0.2, 0) is 27.4 Å². The number of pyridine rings is 1. The van der Waals surface area contributed by atoms with Crippen molar-refractivity contribution in [2.45, 2.75) is 25.2 Å². The van der Waals surface area contributed by atoms with E-state index in [1.165, 1.54) is 12.1 Å². The summed E-state index contributed by atoms with van der Waals surface area (Å²) in [6.07, 6.45) is 4.07. The zero-order chi connectivity index (χ0) is 25.8. The minimum atomic E-state index is -0.980. The Balaban J connectivity index is 1.27. The molecule has 2 amide bonds. The molecular weight excluding hydrogens is 545 g/mol. The number of alkyl carbamates (subject to hydrolysis) is 1. The first-order valence-corrected chi connectivity index (χ1v) is 12.3. The number of para-hydroxylation sites is 1. The van der Waals surface area contributed by atoms with Gasteiger partial charge in [-0.1, -0.05) is 18.2 Å². The maximum absolute atomic E-state index is 13.9. The van der Waals surface area contributed by atoms with Crippen molar-refractivity contribution >= 4 is 49.7 Å². The number of H-pyrrole nitrogens is 1. The third-order valence-corrected chi connectivity index (χ3v) is 6.32. The number of nitrogens with one attached hydrogen (secondary N) is 4. The predicted molar refractivity (Wildman–Crippen MR) is 139 cm³/mol. The van der Waals surface area contributed by atoms with Gasteiger partial charge in [-0.25, -0.2) is 9.18 Å². The Kier molecular flexibility index (Phi) is 7.33. The van der Waals surface area contributed by atoms with Crippen molar-refractivity contribution in [2.75, 3.05) is 6.54 Å². The SMILES string of the molecule is O=C(N[C@@H](Cc1c[nH]c2ccc(F)cc12)C(=O)NC[C@@H]1C=C(Br)NO1)OCc1cnc2ccccc2c1. The molecule has 0 fully saturated rings. The largest absolute Gasteiger partial charge is 0.445 e. The molecular formula is C26H23BrFN5O4. The average Bonchev–Trinajstić information content (AvgIpc) is 3.50. The van der Waals surface area contributed by atoms with E-state index in [2.05, 4.69) is 42.0 Å². The molecule has 0 bridgehead atoms. The molecule has 0 saturated heterocycles. The summed E-state index contributed by atoms with van der Waals surface area (Å²) in [5.74, 6) is -0.830. The molecule has 1 aliphatic rings. The van der Waals surface area contributed by atoms with E-state index in [0.29, 0.717) is 21.1 Å². The number of ether oxygens (including phenoxy) is 1. The van der Waals surface area contributed by atoms with Crippen LogP contribution in [0.4, 0.5) is 9.18 Å². The summed E-state index contributed by atoms with van der Waals surface area (Å²) in [6.45, 7) is 0.163. The molecule has 2 aromatic heterocycles. The van der Waals surface area contributed by atoms with Gasteiger partial charge in [0.25, 0.3) is 0 Å². The third kappa shape index (κ3) is 6.07. The van der Waals surface area contributed by atoms with E-state index < -0.39 is 23.9 Å². The van der Waals surface area contributed by atoms with Gasteiger partial charge in [-0.3, -0.25) is 20.1 Å². The van der Waals surface area contributed by atoms with Crippen LogP contribution in [0.3, 0.4) is 0 Å². The number of halogens is 2. The lowest BCUT2D eigenvalue weighted by Gasteiger charge is -2.19. The molecule has 0 saturated carbocycles. The number of carbonyl (C=O) groups is 2. The molecule has 0 aliphatic carbocycles. The highest BCUT2D eigenvalue weighted by molar-refractivity contribution is 9.11. The van der Waals surface area contributed by atoms with Crippen molar-refractivity contribution in [3.05, 3.63) is 88.6 Å². The highest BCUT2D eigenvalue weighted by atomic mass is 79.9. The van der Waals surface area contributed by atoms with Crippen molar-refractivity contribution in [1.29, 1.82) is 0 Å². The zero-order valence-electron chi connectivity index (χ0n) is 19.5. The van der Waals surface area contributed by atoms with E-state index in [1.54, 1.807) is 24.5 Å². The van der Waals surface area contributed by atoms with Crippen LogP contribution >= 0.6 is 15.9 Å². The van der Waals surface area contributed by atoms with Crippen LogP contribution in [0.5, 0.6) is 0 Å². The van der Waals surface area contributed by atoms with Gasteiger partial charge in [0.1, 0.15) is 29.2 Å². The fourth-order valence-electron chi connectivity index (χ4n) is 4.07. The first kappa shape index (κ1) is 24.7. The van der Waals surface area contributed by atoms with Crippen molar-refractivity contribution in [2.24, 2.45) is 0 Å². The van der Waals surface area contributed by atoms with Crippen LogP contribution in [0, 0.1) is 5.82 Å². The predicted octanol–water partition coefficient (Wildman–Crippen LogP) is 3.95. The number of rotatable bonds is 8. The number of hydrogen-bond donors (Lipinski definition) is 4. The summed E-state index contributed by atoms with van der Waals surface area (Å²) < 4.78 is 19.9. The molecule has 190 valence electrons. The summed E-state index contributed by atoms with van der Waals surface area (Å²) in [5, 5.41) is 6.98. The lowest BCUT2D eigenvalue weighted by atomic mass is 10.0. The molecule has 9 nitrogen and oxygen atoms in total. The molecule has 11 heteroatoms. The fraction of sp³-hybridized carbons (Fsp3) is 0.192. The quantitative estimate of drug-likeness (QED) is 0.239. The molecule has 4 N–H and O–H groups in total. The Bertz CT molecular complexity index is 1490. The number of hydrogen-bond acceptors (Lipinski definition) is 6. The van der Waals surface area contributed by atoms with Crippen molar-refractivity contribution in [3.8, 4) is 0 Å². The molecule has 5 rings (SSSR count). The fourth-order valence-corrected chi connectivity index (χ4v) is 4.45. The highest BCUT2D eigenvalue weighted by Crippen LogP contribution is 2.21. The number of aromatic amines is 1. The summed E-state index contributed by atoms with van der Waals surface area (Å²) in [5.41, 5.74) is 5.60. The topological polar surface area (TPSA) is 117 Å². The molecule has 0 spiro atoms. The summed E-state index contributed by atoms with van der Waals surface area (Å²) >= 11 is 3.27. The smallest absolute Gasteiger partial charge is 0.408 e. The van der Waals surface area contributed by atoms with E-state index in [9.17, 15) is 14.0 Å². The minimum Gasteiger partial charge on any atom is -0.445 e. The van der Waals surface area contributed by atoms with Crippen LogP contribution in [-0.4, -0.2) is 40.7 Å². The van der Waals surface area contributed by atoms with Gasteiger partial charge >= 0.3 is 6.09 Å². The number of amides is 2. The van der Waals surface area contributed by atoms with Crippen molar-refractivity contribution in [1.82, 2.24) is 26.1 Å². The Morgan fingerprint density at radius 3 is 2.92 bits per heavy atom. The molecule has 4 aromatic rings. The van der Waals surface area contributed by atoms with Gasteiger partial charge in [-0.2, -0.15) is 0 Å². The van der Waals surface area contributed by atoms with Crippen LogP contribution < -0.4 is 16.1 Å². The standard InChI is InChI=1S/C26H23BrFN5O4/c27-24-10-19(37-33-24)13-31-25(34)23(8-17-12-30-22-6-5-18(28)9-20(17)22)32-26(35)36-14-15-7-16-3-1-2-4-21(16)29-11-15/h1-7,9-12,19,23,30,33H,8,13-14H2,(H,31,34)(H,32,35)/t19-,23-/m0/s1. The number of fused-ring (bicyclic) bond motifs is 2. The average molecular weight is 568 g/mol. The van der Waals surface area contributed by atoms with Crippen molar-refractivity contribution in [3.63, 3.8) is 0 Å². The van der Waals surface area contributed by atoms with E-state index in [-0.39, 0.29) is 25.7 Å². The number of hydroxylamine groups is 1. The first-order valence-electron chi connectivity index (χ1n) is 11.5. The molecule has 2 aromatic carbocycles. The lowest BCUT2D eigenvalue weighted by Crippen LogP contribution is -2.49. The van der Waals surface area contributed by atoms with Gasteiger partial charge in [0.05, 0.1) is 12.1 Å². The minimum absolute atomic E-state index is 0.0172. The molecule has 3 heterocycles. The zero-order valence-corrected chi connectivity index (χ0v) is 21.0. The van der Waals surface area contributed by atoms with E-state index in [1.807, 2.05) is 30.3 Å². The molecule has 0 radical (unpaired) electrons. The Labute approximate surface area is 219 Å². The Morgan fingerprint density at radius 2 is 2.08 bits per heavy atom. The summed E-state index contributed by atoms with van der Waals surface area (Å²) in [6, 6.07) is 12.9. The second-order valence-electron chi connectivity index (χ2n) is 8.54. The van der Waals surface area contributed by atoms with E-state index >= 15 is 0 Å². The van der Waals surface area contributed by atoms with Crippen LogP contribution in [0.1, 0.15) is 11.1 Å². The molecule has 37 heavy (non-hydrogen) atoms. The first-order chi connectivity index (χ1) is 17.9. The summed E-state index contributed by atoms with van der Waals surface area (Å²) in [4.78, 5) is 38.5. The van der Waals surface area contributed by atoms with Gasteiger partial charge in [0, 0.05) is 40.7 Å². The molecule has 0 unspecified atom stereocenters. The van der Waals surface area contributed by atoms with Crippen LogP contribution in [0.2, 0.25) is 0 Å². The van der Waals surface area contributed by atoms with Crippen LogP contribution in [0.15, 0.2) is 71.6 Å². The van der Waals surface area contributed by atoms with Gasteiger partial charge in [0.2, 0.25) is 5.91 Å². The number of nitrogens with zero attached hydrogens (tertiary/aromatic N) is 1. The highest BCUT2D eigenvalue weighted by Gasteiger charge is 2.25.